The molecule has 1 amide bonds. The van der Waals surface area contributed by atoms with Crippen molar-refractivity contribution in [1.29, 1.82) is 0 Å². The minimum atomic E-state index is -0.0874. The summed E-state index contributed by atoms with van der Waals surface area (Å²) in [6.07, 6.45) is 0. The summed E-state index contributed by atoms with van der Waals surface area (Å²) in [5, 5.41) is 4.69. The zero-order valence-corrected chi connectivity index (χ0v) is 14.6. The first-order valence-corrected chi connectivity index (χ1v) is 8.08. The summed E-state index contributed by atoms with van der Waals surface area (Å²) < 4.78 is 12.8. The summed E-state index contributed by atoms with van der Waals surface area (Å²) in [4.78, 5) is 13.9. The highest BCUT2D eigenvalue weighted by molar-refractivity contribution is 5.74. The summed E-state index contributed by atoms with van der Waals surface area (Å²) in [6.45, 7) is 7.32. The molecule has 1 saturated heterocycles. The fourth-order valence-corrected chi connectivity index (χ4v) is 3.35. The van der Waals surface area contributed by atoms with Crippen LogP contribution in [-0.2, 0) is 9.53 Å². The maximum Gasteiger partial charge on any atom is 0.220 e. The van der Waals surface area contributed by atoms with Gasteiger partial charge in [0.05, 0.1) is 37.7 Å². The molecule has 128 valence electrons. The van der Waals surface area contributed by atoms with Crippen molar-refractivity contribution < 1.29 is 14.3 Å². The smallest absolute Gasteiger partial charge is 0.220 e. The number of nitrogens with zero attached hydrogens (tertiary/aromatic N) is 3. The van der Waals surface area contributed by atoms with Crippen molar-refractivity contribution in [3.8, 4) is 11.4 Å². The first-order valence-electron chi connectivity index (χ1n) is 8.08. The Morgan fingerprint density at radius 3 is 2.88 bits per heavy atom. The third-order valence-corrected chi connectivity index (χ3v) is 4.51. The number of morpholine rings is 1. The largest absolute Gasteiger partial charge is 0.497 e. The van der Waals surface area contributed by atoms with E-state index in [1.807, 2.05) is 47.7 Å². The summed E-state index contributed by atoms with van der Waals surface area (Å²) >= 11 is 0. The normalized spacial score (nSPS) is 17.8. The van der Waals surface area contributed by atoms with Gasteiger partial charge in [-0.05, 0) is 26.0 Å². The van der Waals surface area contributed by atoms with Crippen molar-refractivity contribution in [3.05, 3.63) is 41.2 Å². The van der Waals surface area contributed by atoms with Gasteiger partial charge in [0, 0.05) is 30.8 Å². The number of rotatable bonds is 3. The number of methoxy groups -OCH3 is 1. The lowest BCUT2D eigenvalue weighted by Gasteiger charge is -2.35. The minimum absolute atomic E-state index is 0.0660. The van der Waals surface area contributed by atoms with E-state index in [0.29, 0.717) is 19.8 Å². The van der Waals surface area contributed by atoms with Crippen LogP contribution in [0.4, 0.5) is 0 Å². The van der Waals surface area contributed by atoms with E-state index in [2.05, 4.69) is 0 Å². The van der Waals surface area contributed by atoms with E-state index in [9.17, 15) is 4.79 Å². The van der Waals surface area contributed by atoms with Crippen LogP contribution in [0, 0.1) is 13.8 Å². The number of hydrogen-bond donors (Lipinski definition) is 0. The molecule has 1 fully saturated rings. The SMILES string of the molecule is COc1cccc(-n2nc(C)c(C3COCCN3C(C)=O)c2C)c1. The van der Waals surface area contributed by atoms with E-state index in [0.717, 1.165) is 28.4 Å². The van der Waals surface area contributed by atoms with E-state index < -0.39 is 0 Å². The summed E-state index contributed by atoms with van der Waals surface area (Å²) in [5.74, 6) is 0.851. The maximum absolute atomic E-state index is 12.0. The van der Waals surface area contributed by atoms with Crippen LogP contribution >= 0.6 is 0 Å². The zero-order chi connectivity index (χ0) is 17.3. The molecule has 1 aliphatic heterocycles. The van der Waals surface area contributed by atoms with Crippen LogP contribution < -0.4 is 4.74 Å². The second-order valence-corrected chi connectivity index (χ2v) is 6.00. The molecule has 1 atom stereocenters. The van der Waals surface area contributed by atoms with Crippen molar-refractivity contribution in [2.24, 2.45) is 0 Å². The van der Waals surface area contributed by atoms with Crippen molar-refractivity contribution >= 4 is 5.91 Å². The Hall–Kier alpha value is -2.34. The molecular weight excluding hydrogens is 306 g/mol. The van der Waals surface area contributed by atoms with E-state index in [1.165, 1.54) is 0 Å². The van der Waals surface area contributed by atoms with Crippen molar-refractivity contribution in [2.75, 3.05) is 26.9 Å². The van der Waals surface area contributed by atoms with Gasteiger partial charge >= 0.3 is 0 Å². The second kappa shape index (κ2) is 6.65. The Morgan fingerprint density at radius 2 is 2.17 bits per heavy atom. The average Bonchev–Trinajstić information content (AvgIpc) is 2.89. The summed E-state index contributed by atoms with van der Waals surface area (Å²) in [5.41, 5.74) is 3.93. The van der Waals surface area contributed by atoms with E-state index >= 15 is 0 Å². The monoisotopic (exact) mass is 329 g/mol. The first kappa shape index (κ1) is 16.5. The molecule has 1 unspecified atom stereocenters. The van der Waals surface area contributed by atoms with Crippen molar-refractivity contribution in [2.45, 2.75) is 26.8 Å². The standard InChI is InChI=1S/C18H23N3O3/c1-12-18(17-11-24-9-8-20(17)14(3)22)13(2)21(19-12)15-6-5-7-16(10-15)23-4/h5-7,10,17H,8-9,11H2,1-4H3. The van der Waals surface area contributed by atoms with Crippen molar-refractivity contribution in [1.82, 2.24) is 14.7 Å². The lowest BCUT2D eigenvalue weighted by Crippen LogP contribution is -2.42. The van der Waals surface area contributed by atoms with Gasteiger partial charge < -0.3 is 14.4 Å². The van der Waals surface area contributed by atoms with Crippen LogP contribution in [0.25, 0.3) is 5.69 Å². The van der Waals surface area contributed by atoms with Gasteiger partial charge in [-0.15, -0.1) is 0 Å². The summed E-state index contributed by atoms with van der Waals surface area (Å²) in [7, 11) is 1.65. The molecule has 1 aliphatic rings. The Balaban J connectivity index is 2.04. The van der Waals surface area contributed by atoms with Gasteiger partial charge in [0.25, 0.3) is 0 Å². The molecule has 0 N–H and O–H groups in total. The Labute approximate surface area is 142 Å². The maximum atomic E-state index is 12.0. The van der Waals surface area contributed by atoms with Gasteiger partial charge in [-0.25, -0.2) is 4.68 Å². The van der Waals surface area contributed by atoms with Gasteiger partial charge in [-0.2, -0.15) is 5.10 Å². The van der Waals surface area contributed by atoms with E-state index in [-0.39, 0.29) is 11.9 Å². The molecule has 0 spiro atoms. The molecular formula is C18H23N3O3. The van der Waals surface area contributed by atoms with Gasteiger partial charge in [0.15, 0.2) is 0 Å². The number of aromatic nitrogens is 2. The number of carbonyl (C=O) groups is 1. The highest BCUT2D eigenvalue weighted by atomic mass is 16.5. The molecule has 24 heavy (non-hydrogen) atoms. The topological polar surface area (TPSA) is 56.6 Å². The fourth-order valence-electron chi connectivity index (χ4n) is 3.35. The van der Waals surface area contributed by atoms with Crippen LogP contribution in [0.5, 0.6) is 5.75 Å². The number of hydrogen-bond acceptors (Lipinski definition) is 4. The summed E-state index contributed by atoms with van der Waals surface area (Å²) in [6, 6.07) is 7.70. The third kappa shape index (κ3) is 2.89. The molecule has 0 aliphatic carbocycles. The van der Waals surface area contributed by atoms with Crippen LogP contribution in [0.1, 0.15) is 29.9 Å². The molecule has 1 aromatic carbocycles. The Bertz CT molecular complexity index is 754. The van der Waals surface area contributed by atoms with Crippen LogP contribution in [0.2, 0.25) is 0 Å². The Kier molecular flexibility index (Phi) is 4.57. The highest BCUT2D eigenvalue weighted by Crippen LogP contribution is 2.31. The average molecular weight is 329 g/mol. The Morgan fingerprint density at radius 1 is 1.38 bits per heavy atom. The fraction of sp³-hybridized carbons (Fsp3) is 0.444. The molecule has 6 heteroatoms. The van der Waals surface area contributed by atoms with Gasteiger partial charge in [-0.1, -0.05) is 6.07 Å². The molecule has 0 bridgehead atoms. The molecule has 0 saturated carbocycles. The zero-order valence-electron chi connectivity index (χ0n) is 14.6. The number of benzene rings is 1. The highest BCUT2D eigenvalue weighted by Gasteiger charge is 2.31. The van der Waals surface area contributed by atoms with Crippen LogP contribution in [-0.4, -0.2) is 47.5 Å². The van der Waals surface area contributed by atoms with Crippen molar-refractivity contribution in [3.63, 3.8) is 0 Å². The van der Waals surface area contributed by atoms with Crippen LogP contribution in [0.3, 0.4) is 0 Å². The minimum Gasteiger partial charge on any atom is -0.497 e. The quantitative estimate of drug-likeness (QED) is 0.868. The third-order valence-electron chi connectivity index (χ3n) is 4.51. The van der Waals surface area contributed by atoms with Gasteiger partial charge in [0.2, 0.25) is 5.91 Å². The van der Waals surface area contributed by atoms with E-state index in [4.69, 9.17) is 14.6 Å². The number of ether oxygens (including phenoxy) is 2. The second-order valence-electron chi connectivity index (χ2n) is 6.00. The molecule has 0 radical (unpaired) electrons. The number of amides is 1. The van der Waals surface area contributed by atoms with Crippen LogP contribution in [0.15, 0.2) is 24.3 Å². The molecule has 2 heterocycles. The van der Waals surface area contributed by atoms with Gasteiger partial charge in [-0.3, -0.25) is 4.79 Å². The number of aryl methyl sites for hydroxylation is 1. The lowest BCUT2D eigenvalue weighted by atomic mass is 10.0. The predicted octanol–water partition coefficient (Wildman–Crippen LogP) is 2.42. The molecule has 3 rings (SSSR count). The predicted molar refractivity (Wildman–Crippen MR) is 90.5 cm³/mol. The molecule has 6 nitrogen and oxygen atoms in total. The van der Waals surface area contributed by atoms with Gasteiger partial charge in [0.1, 0.15) is 5.75 Å². The lowest BCUT2D eigenvalue weighted by molar-refractivity contribution is -0.137. The molecule has 1 aromatic heterocycles. The first-order chi connectivity index (χ1) is 11.5. The number of carbonyl (C=O) groups excluding carboxylic acids is 1. The van der Waals surface area contributed by atoms with E-state index in [1.54, 1.807) is 14.0 Å². The molecule has 2 aromatic rings.